The zero-order valence-electron chi connectivity index (χ0n) is 15.4. The summed E-state index contributed by atoms with van der Waals surface area (Å²) < 4.78 is 14.9. The lowest BCUT2D eigenvalue weighted by atomic mass is 9.97. The van der Waals surface area contributed by atoms with Crippen LogP contribution in [0.3, 0.4) is 0 Å². The van der Waals surface area contributed by atoms with Gasteiger partial charge in [-0.05, 0) is 43.5 Å². The molecule has 140 valence electrons. The molecular formula is C19H24FN3O3. The van der Waals surface area contributed by atoms with Gasteiger partial charge in [0.25, 0.3) is 0 Å². The molecule has 1 amide bonds. The van der Waals surface area contributed by atoms with Crippen molar-refractivity contribution in [3.63, 3.8) is 0 Å². The van der Waals surface area contributed by atoms with E-state index in [9.17, 15) is 14.0 Å². The summed E-state index contributed by atoms with van der Waals surface area (Å²) in [7, 11) is 1.86. The van der Waals surface area contributed by atoms with Crippen molar-refractivity contribution >= 4 is 11.9 Å². The monoisotopic (exact) mass is 361 g/mol. The number of carbonyl (C=O) groups is 2. The molecule has 0 saturated carbocycles. The fourth-order valence-corrected chi connectivity index (χ4v) is 2.95. The van der Waals surface area contributed by atoms with Gasteiger partial charge >= 0.3 is 5.97 Å². The number of amides is 1. The molecule has 2 rings (SSSR count). The lowest BCUT2D eigenvalue weighted by molar-refractivity contribution is -0.137. The van der Waals surface area contributed by atoms with E-state index in [0.717, 1.165) is 17.0 Å². The van der Waals surface area contributed by atoms with Gasteiger partial charge in [-0.2, -0.15) is 5.10 Å². The second-order valence-corrected chi connectivity index (χ2v) is 6.59. The summed E-state index contributed by atoms with van der Waals surface area (Å²) >= 11 is 0. The number of aliphatic carboxylic acids is 1. The van der Waals surface area contributed by atoms with Crippen LogP contribution in [-0.4, -0.2) is 26.8 Å². The average molecular weight is 361 g/mol. The summed E-state index contributed by atoms with van der Waals surface area (Å²) in [5.74, 6) is -2.05. The third-order valence-corrected chi connectivity index (χ3v) is 4.58. The Balaban J connectivity index is 2.12. The number of carbonyl (C=O) groups excluding carboxylic acids is 1. The highest BCUT2D eigenvalue weighted by Crippen LogP contribution is 2.21. The number of aromatic nitrogens is 2. The van der Waals surface area contributed by atoms with Crippen molar-refractivity contribution < 1.29 is 19.1 Å². The number of nitrogens with one attached hydrogen (secondary N) is 1. The normalized spacial score (nSPS) is 13.3. The molecule has 2 aromatic rings. The highest BCUT2D eigenvalue weighted by Gasteiger charge is 2.23. The topological polar surface area (TPSA) is 84.2 Å². The van der Waals surface area contributed by atoms with Crippen LogP contribution in [0.4, 0.5) is 4.39 Å². The molecule has 2 unspecified atom stereocenters. The quantitative estimate of drug-likeness (QED) is 0.794. The van der Waals surface area contributed by atoms with Gasteiger partial charge < -0.3 is 10.4 Å². The first-order valence-corrected chi connectivity index (χ1v) is 8.45. The predicted octanol–water partition coefficient (Wildman–Crippen LogP) is 2.69. The molecule has 26 heavy (non-hydrogen) atoms. The Kier molecular flexibility index (Phi) is 6.13. The summed E-state index contributed by atoms with van der Waals surface area (Å²) in [5.41, 5.74) is 3.46. The first kappa shape index (κ1) is 19.6. The fraction of sp³-hybridized carbons (Fsp3) is 0.421. The summed E-state index contributed by atoms with van der Waals surface area (Å²) in [6.45, 7) is 5.65. The van der Waals surface area contributed by atoms with Crippen molar-refractivity contribution in [2.75, 3.05) is 0 Å². The molecule has 1 aromatic heterocycles. The Hall–Kier alpha value is -2.70. The Labute approximate surface area is 152 Å². The third kappa shape index (κ3) is 4.68. The molecule has 1 aromatic carbocycles. The molecule has 2 N–H and O–H groups in total. The number of carboxylic acids is 1. The van der Waals surface area contributed by atoms with Gasteiger partial charge in [0.2, 0.25) is 5.91 Å². The minimum atomic E-state index is -1.04. The van der Waals surface area contributed by atoms with E-state index in [1.165, 1.54) is 24.3 Å². The lowest BCUT2D eigenvalue weighted by Gasteiger charge is -2.20. The van der Waals surface area contributed by atoms with Crippen LogP contribution in [0, 0.1) is 25.6 Å². The van der Waals surface area contributed by atoms with Gasteiger partial charge in [0.1, 0.15) is 5.82 Å². The maximum atomic E-state index is 13.1. The molecule has 7 heteroatoms. The Morgan fingerprint density at radius 1 is 1.27 bits per heavy atom. The van der Waals surface area contributed by atoms with Crippen molar-refractivity contribution in [2.45, 2.75) is 39.7 Å². The molecule has 0 aliphatic rings. The molecule has 6 nitrogen and oxygen atoms in total. The smallest absolute Gasteiger partial charge is 0.305 e. The van der Waals surface area contributed by atoms with Crippen LogP contribution in [0.15, 0.2) is 24.3 Å². The highest BCUT2D eigenvalue weighted by atomic mass is 19.1. The third-order valence-electron chi connectivity index (χ3n) is 4.58. The molecule has 0 fully saturated rings. The number of nitrogens with zero attached hydrogens (tertiary/aromatic N) is 2. The highest BCUT2D eigenvalue weighted by molar-refractivity contribution is 5.80. The van der Waals surface area contributed by atoms with Crippen molar-refractivity contribution in [1.29, 1.82) is 0 Å². The van der Waals surface area contributed by atoms with Gasteiger partial charge in [0, 0.05) is 18.7 Å². The van der Waals surface area contributed by atoms with Crippen LogP contribution in [0.1, 0.15) is 41.9 Å². The zero-order chi connectivity index (χ0) is 19.4. The molecule has 0 radical (unpaired) electrons. The van der Waals surface area contributed by atoms with E-state index in [1.54, 1.807) is 11.6 Å². The van der Waals surface area contributed by atoms with Gasteiger partial charge in [-0.15, -0.1) is 0 Å². The molecule has 0 aliphatic carbocycles. The van der Waals surface area contributed by atoms with E-state index in [0.29, 0.717) is 12.0 Å². The minimum absolute atomic E-state index is 0.247. The average Bonchev–Trinajstić information content (AvgIpc) is 2.80. The molecule has 0 bridgehead atoms. The number of halogens is 1. The SMILES string of the molecule is Cc1nn(C)c(C)c1CC(C)C(=O)NC(CC(=O)O)c1ccc(F)cc1. The van der Waals surface area contributed by atoms with Crippen molar-refractivity contribution in [2.24, 2.45) is 13.0 Å². The van der Waals surface area contributed by atoms with Gasteiger partial charge in [-0.3, -0.25) is 14.3 Å². The first-order chi connectivity index (χ1) is 12.2. The summed E-state index contributed by atoms with van der Waals surface area (Å²) in [6.07, 6.45) is 0.246. The summed E-state index contributed by atoms with van der Waals surface area (Å²) in [5, 5.41) is 16.3. The van der Waals surface area contributed by atoms with Crippen LogP contribution in [0.2, 0.25) is 0 Å². The molecular weight excluding hydrogens is 337 g/mol. The summed E-state index contributed by atoms with van der Waals surface area (Å²) in [6, 6.07) is 4.77. The van der Waals surface area contributed by atoms with E-state index in [-0.39, 0.29) is 18.2 Å². The van der Waals surface area contributed by atoms with Gasteiger partial charge in [0.05, 0.1) is 18.2 Å². The van der Waals surface area contributed by atoms with Crippen LogP contribution in [0.5, 0.6) is 0 Å². The predicted molar refractivity (Wildman–Crippen MR) is 95.1 cm³/mol. The number of aryl methyl sites for hydroxylation is 2. The van der Waals surface area contributed by atoms with Crippen LogP contribution in [-0.2, 0) is 23.1 Å². The fourth-order valence-electron chi connectivity index (χ4n) is 2.95. The largest absolute Gasteiger partial charge is 0.481 e. The zero-order valence-corrected chi connectivity index (χ0v) is 15.4. The molecule has 0 aliphatic heterocycles. The van der Waals surface area contributed by atoms with E-state index < -0.39 is 17.8 Å². The second-order valence-electron chi connectivity index (χ2n) is 6.59. The standard InChI is InChI=1S/C19H24FN3O3/c1-11(9-16-12(2)22-23(4)13(16)3)19(26)21-17(10-18(24)25)14-5-7-15(20)8-6-14/h5-8,11,17H,9-10H2,1-4H3,(H,21,26)(H,24,25). The molecule has 1 heterocycles. The molecule has 0 saturated heterocycles. The van der Waals surface area contributed by atoms with Crippen molar-refractivity contribution in [3.8, 4) is 0 Å². The number of hydrogen-bond acceptors (Lipinski definition) is 3. The van der Waals surface area contributed by atoms with Gasteiger partial charge in [-0.1, -0.05) is 19.1 Å². The Bertz CT molecular complexity index is 799. The Morgan fingerprint density at radius 2 is 1.88 bits per heavy atom. The number of hydrogen-bond donors (Lipinski definition) is 2. The van der Waals surface area contributed by atoms with Crippen molar-refractivity contribution in [3.05, 3.63) is 52.6 Å². The van der Waals surface area contributed by atoms with Crippen LogP contribution in [0.25, 0.3) is 0 Å². The van der Waals surface area contributed by atoms with Crippen LogP contribution < -0.4 is 5.32 Å². The van der Waals surface area contributed by atoms with E-state index in [1.807, 2.05) is 20.9 Å². The second kappa shape index (κ2) is 8.12. The maximum Gasteiger partial charge on any atom is 0.305 e. The number of carboxylic acid groups (broad SMARTS) is 1. The molecule has 2 atom stereocenters. The van der Waals surface area contributed by atoms with Crippen molar-refractivity contribution in [1.82, 2.24) is 15.1 Å². The first-order valence-electron chi connectivity index (χ1n) is 8.45. The minimum Gasteiger partial charge on any atom is -0.481 e. The number of benzene rings is 1. The maximum absolute atomic E-state index is 13.1. The van der Waals surface area contributed by atoms with Gasteiger partial charge in [0.15, 0.2) is 0 Å². The summed E-state index contributed by atoms with van der Waals surface area (Å²) in [4.78, 5) is 23.8. The number of rotatable bonds is 7. The van der Waals surface area contributed by atoms with E-state index in [2.05, 4.69) is 10.4 Å². The lowest BCUT2D eigenvalue weighted by Crippen LogP contribution is -2.35. The van der Waals surface area contributed by atoms with Crippen LogP contribution >= 0.6 is 0 Å². The Morgan fingerprint density at radius 3 is 2.38 bits per heavy atom. The van der Waals surface area contributed by atoms with E-state index in [4.69, 9.17) is 5.11 Å². The van der Waals surface area contributed by atoms with E-state index >= 15 is 0 Å². The molecule has 0 spiro atoms. The van der Waals surface area contributed by atoms with Gasteiger partial charge in [-0.25, -0.2) is 4.39 Å².